The first-order valence-corrected chi connectivity index (χ1v) is 9.01. The number of hydrogen-bond acceptors (Lipinski definition) is 4. The van der Waals surface area contributed by atoms with Crippen molar-refractivity contribution in [3.05, 3.63) is 0 Å². The Hall–Kier alpha value is 0.590. The van der Waals surface area contributed by atoms with E-state index in [4.69, 9.17) is 17.0 Å². The van der Waals surface area contributed by atoms with Crippen LogP contribution in [0.15, 0.2) is 0 Å². The van der Waals surface area contributed by atoms with E-state index >= 15 is 0 Å². The summed E-state index contributed by atoms with van der Waals surface area (Å²) in [5.74, 6) is 2.31. The third-order valence-electron chi connectivity index (χ3n) is 2.54. The highest BCUT2D eigenvalue weighted by Crippen LogP contribution is 2.20. The van der Waals surface area contributed by atoms with Crippen molar-refractivity contribution in [1.29, 1.82) is 0 Å². The summed E-state index contributed by atoms with van der Waals surface area (Å²) in [6.45, 7) is 8.77. The lowest BCUT2D eigenvalue weighted by atomic mass is 10.3. The summed E-state index contributed by atoms with van der Waals surface area (Å²) in [4.78, 5) is 0. The van der Waals surface area contributed by atoms with Crippen molar-refractivity contribution in [3.8, 4) is 0 Å². The van der Waals surface area contributed by atoms with E-state index in [9.17, 15) is 0 Å². The van der Waals surface area contributed by atoms with Crippen LogP contribution in [-0.4, -0.2) is 27.2 Å². The first-order chi connectivity index (χ1) is 8.11. The van der Waals surface area contributed by atoms with E-state index in [0.717, 1.165) is 5.75 Å². The molecule has 102 valence electrons. The lowest BCUT2D eigenvalue weighted by Gasteiger charge is -2.21. The van der Waals surface area contributed by atoms with E-state index in [1.54, 1.807) is 11.8 Å². The molecule has 0 aromatic carbocycles. The molecular weight excluding hydrogens is 268 g/mol. The average Bonchev–Trinajstić information content (AvgIpc) is 2.29. The van der Waals surface area contributed by atoms with Crippen molar-refractivity contribution < 1.29 is 4.74 Å². The van der Waals surface area contributed by atoms with Gasteiger partial charge in [0.2, 0.25) is 4.38 Å². The Bertz CT molecular complexity index is 197. The summed E-state index contributed by atoms with van der Waals surface area (Å²) < 4.78 is 6.48. The number of rotatable bonds is 9. The van der Waals surface area contributed by atoms with Crippen molar-refractivity contribution in [3.63, 3.8) is 0 Å². The molecule has 0 saturated carbocycles. The van der Waals surface area contributed by atoms with Crippen LogP contribution in [-0.2, 0) is 4.74 Å². The maximum Gasteiger partial charge on any atom is 0.220 e. The molecule has 0 aliphatic carbocycles. The zero-order chi connectivity index (χ0) is 13.1. The number of ether oxygens (including phenoxy) is 1. The van der Waals surface area contributed by atoms with Gasteiger partial charge in [0, 0.05) is 11.0 Å². The zero-order valence-corrected chi connectivity index (χ0v) is 14.0. The minimum atomic E-state index is 0.221. The first kappa shape index (κ1) is 17.6. The van der Waals surface area contributed by atoms with E-state index in [0.29, 0.717) is 9.63 Å². The van der Waals surface area contributed by atoms with Crippen LogP contribution in [0.3, 0.4) is 0 Å². The van der Waals surface area contributed by atoms with Gasteiger partial charge in [0.15, 0.2) is 0 Å². The summed E-state index contributed by atoms with van der Waals surface area (Å²) in [5, 5.41) is 0.520. The predicted molar refractivity (Wildman–Crippen MR) is 87.3 cm³/mol. The van der Waals surface area contributed by atoms with Gasteiger partial charge < -0.3 is 4.74 Å². The molecule has 17 heavy (non-hydrogen) atoms. The van der Waals surface area contributed by atoms with Gasteiger partial charge in [-0.2, -0.15) is 11.8 Å². The molecule has 1 nitrogen and oxygen atoms in total. The smallest absolute Gasteiger partial charge is 0.220 e. The van der Waals surface area contributed by atoms with Crippen LogP contribution in [0.25, 0.3) is 0 Å². The predicted octanol–water partition coefficient (Wildman–Crippen LogP) is 5.13. The van der Waals surface area contributed by atoms with Crippen LogP contribution in [0.5, 0.6) is 0 Å². The average molecular weight is 295 g/mol. The summed E-state index contributed by atoms with van der Waals surface area (Å²) in [6, 6.07) is 0. The minimum absolute atomic E-state index is 0.221. The molecule has 0 aromatic heterocycles. The molecule has 0 amide bonds. The normalized spacial score (nSPS) is 14.4. The van der Waals surface area contributed by atoms with Crippen LogP contribution in [0.2, 0.25) is 0 Å². The number of hydrogen-bond donors (Lipinski definition) is 0. The Morgan fingerprint density at radius 3 is 2.29 bits per heavy atom. The monoisotopic (exact) mass is 294 g/mol. The fraction of sp³-hybridized carbons (Fsp3) is 0.923. The highest BCUT2D eigenvalue weighted by molar-refractivity contribution is 8.22. The second-order valence-electron chi connectivity index (χ2n) is 4.20. The maximum absolute atomic E-state index is 5.76. The van der Waals surface area contributed by atoms with Crippen LogP contribution in [0.4, 0.5) is 0 Å². The Morgan fingerprint density at radius 1 is 1.12 bits per heavy atom. The van der Waals surface area contributed by atoms with Gasteiger partial charge in [0.1, 0.15) is 6.10 Å². The van der Waals surface area contributed by atoms with Crippen molar-refractivity contribution >= 4 is 40.1 Å². The number of thiocarbonyl (C=S) groups is 1. The van der Waals surface area contributed by atoms with E-state index < -0.39 is 0 Å². The van der Waals surface area contributed by atoms with Gasteiger partial charge in [0.05, 0.1) is 0 Å². The highest BCUT2D eigenvalue weighted by atomic mass is 32.2. The third kappa shape index (κ3) is 10.2. The van der Waals surface area contributed by atoms with Gasteiger partial charge in [-0.15, -0.1) is 0 Å². The standard InChI is InChI=1S/C13H26OS3/c1-5-7-9-16-12(4)11(3)14-13(15)17-10-8-6-2/h11-12H,5-10H2,1-4H3. The van der Waals surface area contributed by atoms with Crippen molar-refractivity contribution in [2.24, 2.45) is 0 Å². The number of thioether (sulfide) groups is 2. The van der Waals surface area contributed by atoms with Crippen molar-refractivity contribution in [2.45, 2.75) is 64.7 Å². The van der Waals surface area contributed by atoms with Crippen LogP contribution in [0, 0.1) is 0 Å². The topological polar surface area (TPSA) is 9.23 Å². The first-order valence-electron chi connectivity index (χ1n) is 6.56. The van der Waals surface area contributed by atoms with Crippen LogP contribution >= 0.6 is 35.7 Å². The van der Waals surface area contributed by atoms with Crippen molar-refractivity contribution in [1.82, 2.24) is 0 Å². The summed E-state index contributed by atoms with van der Waals surface area (Å²) in [5.41, 5.74) is 0. The highest BCUT2D eigenvalue weighted by Gasteiger charge is 2.15. The van der Waals surface area contributed by atoms with Crippen LogP contribution in [0.1, 0.15) is 53.4 Å². The van der Waals surface area contributed by atoms with Gasteiger partial charge in [-0.3, -0.25) is 0 Å². The lowest BCUT2D eigenvalue weighted by molar-refractivity contribution is 0.223. The van der Waals surface area contributed by atoms with Gasteiger partial charge in [-0.05, 0) is 44.7 Å². The second-order valence-corrected chi connectivity index (χ2v) is 7.39. The molecule has 0 fully saturated rings. The van der Waals surface area contributed by atoms with Gasteiger partial charge in [-0.25, -0.2) is 0 Å². The van der Waals surface area contributed by atoms with E-state index in [-0.39, 0.29) is 6.10 Å². The molecule has 4 heteroatoms. The van der Waals surface area contributed by atoms with E-state index in [1.165, 1.54) is 31.4 Å². The SMILES string of the molecule is CCCCSC(=S)OC(C)C(C)SCCCC. The number of unbranched alkanes of at least 4 members (excludes halogenated alkanes) is 2. The summed E-state index contributed by atoms with van der Waals surface area (Å²) in [7, 11) is 0. The molecule has 0 radical (unpaired) electrons. The third-order valence-corrected chi connectivity index (χ3v) is 5.25. The summed E-state index contributed by atoms with van der Waals surface area (Å²) >= 11 is 8.89. The molecule has 0 N–H and O–H groups in total. The fourth-order valence-electron chi connectivity index (χ4n) is 1.13. The molecule has 0 spiro atoms. The Kier molecular flexibility index (Phi) is 12.1. The Labute approximate surface area is 121 Å². The molecule has 0 aromatic rings. The fourth-order valence-corrected chi connectivity index (χ4v) is 3.51. The van der Waals surface area contributed by atoms with Gasteiger partial charge >= 0.3 is 0 Å². The molecule has 0 aliphatic rings. The van der Waals surface area contributed by atoms with E-state index in [1.807, 2.05) is 11.8 Å². The lowest BCUT2D eigenvalue weighted by Crippen LogP contribution is -2.22. The molecule has 0 bridgehead atoms. The quantitative estimate of drug-likeness (QED) is 0.430. The van der Waals surface area contributed by atoms with Crippen LogP contribution < -0.4 is 0 Å². The van der Waals surface area contributed by atoms with E-state index in [2.05, 4.69) is 27.7 Å². The second kappa shape index (κ2) is 11.7. The van der Waals surface area contributed by atoms with Gasteiger partial charge in [-0.1, -0.05) is 38.5 Å². The molecule has 0 heterocycles. The molecular formula is C13H26OS3. The molecule has 2 atom stereocenters. The Morgan fingerprint density at radius 2 is 1.71 bits per heavy atom. The molecule has 0 aliphatic heterocycles. The maximum atomic E-state index is 5.76. The largest absolute Gasteiger partial charge is 0.474 e. The van der Waals surface area contributed by atoms with Gasteiger partial charge in [0.25, 0.3) is 0 Å². The Balaban J connectivity index is 3.66. The van der Waals surface area contributed by atoms with Crippen molar-refractivity contribution in [2.75, 3.05) is 11.5 Å². The molecule has 0 saturated heterocycles. The molecule has 2 unspecified atom stereocenters. The zero-order valence-electron chi connectivity index (χ0n) is 11.5. The minimum Gasteiger partial charge on any atom is -0.474 e. The summed E-state index contributed by atoms with van der Waals surface area (Å²) in [6.07, 6.45) is 5.20. The molecule has 0 rings (SSSR count).